The first-order chi connectivity index (χ1) is 12.8. The molecule has 1 amide bonds. The Kier molecular flexibility index (Phi) is 7.18. The zero-order valence-corrected chi connectivity index (χ0v) is 16.5. The second kappa shape index (κ2) is 9.16. The predicted octanol–water partition coefficient (Wildman–Crippen LogP) is 3.53. The van der Waals surface area contributed by atoms with E-state index in [0.717, 1.165) is 6.07 Å². The molecule has 27 heavy (non-hydrogen) atoms. The highest BCUT2D eigenvalue weighted by molar-refractivity contribution is 7.89. The van der Waals surface area contributed by atoms with Gasteiger partial charge in [0, 0.05) is 24.8 Å². The summed E-state index contributed by atoms with van der Waals surface area (Å²) in [6.45, 7) is 3.69. The third kappa shape index (κ3) is 5.41. The number of carbonyl (C=O) groups is 1. The van der Waals surface area contributed by atoms with Crippen molar-refractivity contribution in [2.45, 2.75) is 18.7 Å². The molecule has 6 nitrogen and oxygen atoms in total. The Morgan fingerprint density at radius 2 is 1.89 bits per heavy atom. The molecule has 9 heteroatoms. The van der Waals surface area contributed by atoms with E-state index >= 15 is 0 Å². The van der Waals surface area contributed by atoms with Crippen molar-refractivity contribution in [1.29, 1.82) is 0 Å². The molecule has 2 aromatic rings. The molecule has 146 valence electrons. The van der Waals surface area contributed by atoms with Gasteiger partial charge >= 0.3 is 0 Å². The summed E-state index contributed by atoms with van der Waals surface area (Å²) in [5.41, 5.74) is 0.262. The van der Waals surface area contributed by atoms with E-state index in [0.29, 0.717) is 13.1 Å². The minimum Gasteiger partial charge on any atom is -0.484 e. The van der Waals surface area contributed by atoms with Crippen LogP contribution >= 0.6 is 11.6 Å². The van der Waals surface area contributed by atoms with Crippen LogP contribution in [0.1, 0.15) is 13.8 Å². The zero-order chi connectivity index (χ0) is 20.0. The monoisotopic (exact) mass is 414 g/mol. The maximum Gasteiger partial charge on any atom is 0.262 e. The van der Waals surface area contributed by atoms with Gasteiger partial charge in [0.25, 0.3) is 5.91 Å². The van der Waals surface area contributed by atoms with Gasteiger partial charge in [-0.15, -0.1) is 0 Å². The molecule has 0 saturated heterocycles. The summed E-state index contributed by atoms with van der Waals surface area (Å²) in [4.78, 5) is 12.0. The first-order valence-corrected chi connectivity index (χ1v) is 10.1. The molecule has 0 aromatic heterocycles. The Bertz CT molecular complexity index is 917. The van der Waals surface area contributed by atoms with Gasteiger partial charge in [-0.05, 0) is 30.3 Å². The predicted molar refractivity (Wildman–Crippen MR) is 102 cm³/mol. The summed E-state index contributed by atoms with van der Waals surface area (Å²) in [7, 11) is -3.77. The number of benzene rings is 2. The molecule has 0 fully saturated rings. The largest absolute Gasteiger partial charge is 0.484 e. The lowest BCUT2D eigenvalue weighted by Gasteiger charge is -2.19. The van der Waals surface area contributed by atoms with Gasteiger partial charge in [-0.3, -0.25) is 4.79 Å². The van der Waals surface area contributed by atoms with Crippen LogP contribution in [0, 0.1) is 5.82 Å². The Balaban J connectivity index is 2.12. The summed E-state index contributed by atoms with van der Waals surface area (Å²) in [5, 5.41) is 2.61. The molecule has 2 rings (SSSR count). The van der Waals surface area contributed by atoms with Gasteiger partial charge in [0.15, 0.2) is 6.61 Å². The van der Waals surface area contributed by atoms with Crippen LogP contribution in [0.15, 0.2) is 47.4 Å². The van der Waals surface area contributed by atoms with Gasteiger partial charge in [-0.1, -0.05) is 31.5 Å². The molecule has 0 atom stereocenters. The van der Waals surface area contributed by atoms with Gasteiger partial charge in [-0.2, -0.15) is 4.31 Å². The molecule has 0 aliphatic carbocycles. The molecular weight excluding hydrogens is 395 g/mol. The van der Waals surface area contributed by atoms with E-state index in [2.05, 4.69) is 5.32 Å². The highest BCUT2D eigenvalue weighted by Gasteiger charge is 2.25. The van der Waals surface area contributed by atoms with Crippen molar-refractivity contribution >= 4 is 33.2 Å². The average molecular weight is 415 g/mol. The second-order valence-electron chi connectivity index (χ2n) is 5.53. The molecular formula is C18H20ClFN2O4S. The third-order valence-corrected chi connectivity index (χ3v) is 6.24. The van der Waals surface area contributed by atoms with Gasteiger partial charge < -0.3 is 10.1 Å². The van der Waals surface area contributed by atoms with Crippen molar-refractivity contribution in [3.63, 3.8) is 0 Å². The number of halogens is 2. The molecule has 0 aliphatic rings. The van der Waals surface area contributed by atoms with Crippen molar-refractivity contribution in [3.05, 3.63) is 53.3 Å². The minimum absolute atomic E-state index is 0.0657. The summed E-state index contributed by atoms with van der Waals surface area (Å²) >= 11 is 6.05. The number of nitrogens with one attached hydrogen (secondary N) is 1. The van der Waals surface area contributed by atoms with Crippen molar-refractivity contribution in [2.24, 2.45) is 0 Å². The Hall–Kier alpha value is -2.16. The minimum atomic E-state index is -3.77. The molecule has 0 unspecified atom stereocenters. The van der Waals surface area contributed by atoms with E-state index in [4.69, 9.17) is 16.3 Å². The third-order valence-electron chi connectivity index (χ3n) is 3.70. The molecule has 0 bridgehead atoms. The van der Waals surface area contributed by atoms with E-state index in [-0.39, 0.29) is 28.0 Å². The average Bonchev–Trinajstić information content (AvgIpc) is 2.62. The number of rotatable bonds is 8. The van der Waals surface area contributed by atoms with Crippen LogP contribution in [-0.2, 0) is 14.8 Å². The van der Waals surface area contributed by atoms with Gasteiger partial charge in [0.2, 0.25) is 10.0 Å². The van der Waals surface area contributed by atoms with Crippen LogP contribution in [-0.4, -0.2) is 38.3 Å². The number of nitrogens with zero attached hydrogens (tertiary/aromatic N) is 1. The first kappa shape index (κ1) is 21.1. The van der Waals surface area contributed by atoms with Crippen LogP contribution in [0.3, 0.4) is 0 Å². The van der Waals surface area contributed by atoms with E-state index in [1.165, 1.54) is 40.7 Å². The smallest absolute Gasteiger partial charge is 0.262 e. The lowest BCUT2D eigenvalue weighted by Crippen LogP contribution is -2.31. The van der Waals surface area contributed by atoms with Crippen molar-refractivity contribution in [2.75, 3.05) is 25.0 Å². The van der Waals surface area contributed by atoms with Crippen molar-refractivity contribution < 1.29 is 22.3 Å². The zero-order valence-electron chi connectivity index (χ0n) is 14.9. The van der Waals surface area contributed by atoms with Crippen molar-refractivity contribution in [1.82, 2.24) is 4.31 Å². The van der Waals surface area contributed by atoms with Gasteiger partial charge in [0.05, 0.1) is 5.02 Å². The topological polar surface area (TPSA) is 75.7 Å². The summed E-state index contributed by atoms with van der Waals surface area (Å²) in [6, 6.07) is 9.60. The van der Waals surface area contributed by atoms with Gasteiger partial charge in [-0.25, -0.2) is 12.8 Å². The Morgan fingerprint density at radius 1 is 1.19 bits per heavy atom. The maximum absolute atomic E-state index is 13.1. The quantitative estimate of drug-likeness (QED) is 0.717. The normalized spacial score (nSPS) is 11.4. The highest BCUT2D eigenvalue weighted by Crippen LogP contribution is 2.27. The lowest BCUT2D eigenvalue weighted by molar-refractivity contribution is -0.118. The fraction of sp³-hybridized carbons (Fsp3) is 0.278. The fourth-order valence-electron chi connectivity index (χ4n) is 2.38. The van der Waals surface area contributed by atoms with E-state index in [1.54, 1.807) is 13.8 Å². The molecule has 0 radical (unpaired) electrons. The van der Waals surface area contributed by atoms with Crippen LogP contribution in [0.25, 0.3) is 0 Å². The van der Waals surface area contributed by atoms with E-state index in [1.807, 2.05) is 0 Å². The highest BCUT2D eigenvalue weighted by atomic mass is 35.5. The Labute approximate surface area is 162 Å². The number of hydrogen-bond donors (Lipinski definition) is 1. The van der Waals surface area contributed by atoms with E-state index in [9.17, 15) is 17.6 Å². The fourth-order valence-corrected chi connectivity index (χ4v) is 4.34. The maximum atomic E-state index is 13.1. The number of carbonyl (C=O) groups excluding carboxylic acids is 1. The van der Waals surface area contributed by atoms with Crippen LogP contribution in [0.4, 0.5) is 10.1 Å². The summed E-state index contributed by atoms with van der Waals surface area (Å²) < 4.78 is 44.9. The molecule has 0 heterocycles. The number of sulfonamides is 1. The van der Waals surface area contributed by atoms with Crippen LogP contribution < -0.4 is 10.1 Å². The molecule has 0 saturated carbocycles. The number of hydrogen-bond acceptors (Lipinski definition) is 4. The molecule has 1 N–H and O–H groups in total. The van der Waals surface area contributed by atoms with E-state index < -0.39 is 21.7 Å². The molecule has 2 aromatic carbocycles. The Morgan fingerprint density at radius 3 is 2.52 bits per heavy atom. The number of amides is 1. The molecule has 0 aliphatic heterocycles. The first-order valence-electron chi connectivity index (χ1n) is 8.25. The summed E-state index contributed by atoms with van der Waals surface area (Å²) in [6.07, 6.45) is 0. The summed E-state index contributed by atoms with van der Waals surface area (Å²) in [5.74, 6) is -0.782. The van der Waals surface area contributed by atoms with Crippen molar-refractivity contribution in [3.8, 4) is 5.75 Å². The van der Waals surface area contributed by atoms with Gasteiger partial charge in [0.1, 0.15) is 16.5 Å². The lowest BCUT2D eigenvalue weighted by atomic mass is 10.3. The second-order valence-corrected chi connectivity index (χ2v) is 7.84. The number of ether oxygens (including phenoxy) is 1. The number of anilines is 1. The molecule has 0 spiro atoms. The standard InChI is InChI=1S/C18H20ClFN2O4S/c1-3-22(4-2)27(24,25)17-11-14(8-9-16(17)19)21-18(23)12-26-15-7-5-6-13(20)10-15/h5-11H,3-4,12H2,1-2H3,(H,21,23). The van der Waals surface area contributed by atoms with Crippen LogP contribution in [0.5, 0.6) is 5.75 Å². The van der Waals surface area contributed by atoms with Crippen LogP contribution in [0.2, 0.25) is 5.02 Å². The SMILES string of the molecule is CCN(CC)S(=O)(=O)c1cc(NC(=O)COc2cccc(F)c2)ccc1Cl.